The average Bonchev–Trinajstić information content (AvgIpc) is 3.31. The number of aryl methyl sites for hydroxylation is 1. The zero-order valence-corrected chi connectivity index (χ0v) is 17.2. The lowest BCUT2D eigenvalue weighted by molar-refractivity contribution is 0.0742. The third-order valence-corrected chi connectivity index (χ3v) is 6.23. The lowest BCUT2D eigenvalue weighted by atomic mass is 9.85. The Kier molecular flexibility index (Phi) is 5.32. The summed E-state index contributed by atoms with van der Waals surface area (Å²) in [5, 5.41) is 13.3. The van der Waals surface area contributed by atoms with Crippen molar-refractivity contribution < 1.29 is 0 Å². The van der Waals surface area contributed by atoms with Gasteiger partial charge in [0.15, 0.2) is 0 Å². The van der Waals surface area contributed by atoms with E-state index in [1.54, 1.807) is 0 Å². The van der Waals surface area contributed by atoms with E-state index in [2.05, 4.69) is 63.1 Å². The fourth-order valence-corrected chi connectivity index (χ4v) is 4.69. The van der Waals surface area contributed by atoms with E-state index in [9.17, 15) is 0 Å². The molecular formula is C20H33N7. The molecule has 2 aromatic rings. The van der Waals surface area contributed by atoms with Gasteiger partial charge in [-0.2, -0.15) is 5.10 Å². The SMILES string of the molecule is CCN1CCC[C@@H](CN(C)Cc2nnc(C3CC3)n2C)[C@@H]1c1cnn(C)c1. The number of piperidine rings is 1. The van der Waals surface area contributed by atoms with Crippen LogP contribution in [-0.2, 0) is 20.6 Å². The van der Waals surface area contributed by atoms with Crippen molar-refractivity contribution in [3.05, 3.63) is 29.6 Å². The van der Waals surface area contributed by atoms with Gasteiger partial charge < -0.3 is 4.57 Å². The van der Waals surface area contributed by atoms with Gasteiger partial charge in [0.2, 0.25) is 0 Å². The second-order valence-electron chi connectivity index (χ2n) is 8.43. The van der Waals surface area contributed by atoms with Crippen LogP contribution < -0.4 is 0 Å². The summed E-state index contributed by atoms with van der Waals surface area (Å²) in [4.78, 5) is 5.04. The number of nitrogens with zero attached hydrogens (tertiary/aromatic N) is 7. The zero-order chi connectivity index (χ0) is 19.0. The van der Waals surface area contributed by atoms with Crippen LogP contribution in [0.25, 0.3) is 0 Å². The average molecular weight is 372 g/mol. The van der Waals surface area contributed by atoms with Gasteiger partial charge in [-0.25, -0.2) is 0 Å². The summed E-state index contributed by atoms with van der Waals surface area (Å²) in [6, 6.07) is 0.460. The molecule has 1 saturated carbocycles. The van der Waals surface area contributed by atoms with Gasteiger partial charge in [-0.05, 0) is 51.7 Å². The number of hydrogen-bond donors (Lipinski definition) is 0. The summed E-state index contributed by atoms with van der Waals surface area (Å²) in [6.45, 7) is 6.48. The lowest BCUT2D eigenvalue weighted by Crippen LogP contribution is -2.42. The van der Waals surface area contributed by atoms with Crippen molar-refractivity contribution in [3.8, 4) is 0 Å². The van der Waals surface area contributed by atoms with Crippen molar-refractivity contribution >= 4 is 0 Å². The predicted octanol–water partition coefficient (Wildman–Crippen LogP) is 2.33. The second kappa shape index (κ2) is 7.72. The Labute approximate surface area is 162 Å². The molecule has 0 N–H and O–H groups in total. The first-order chi connectivity index (χ1) is 13.1. The van der Waals surface area contributed by atoms with Crippen molar-refractivity contribution in [2.45, 2.75) is 51.1 Å². The summed E-state index contributed by atoms with van der Waals surface area (Å²) in [7, 11) is 6.35. The summed E-state index contributed by atoms with van der Waals surface area (Å²) < 4.78 is 4.14. The highest BCUT2D eigenvalue weighted by Gasteiger charge is 2.34. The van der Waals surface area contributed by atoms with Gasteiger partial charge in [-0.15, -0.1) is 10.2 Å². The van der Waals surface area contributed by atoms with Crippen molar-refractivity contribution in [3.63, 3.8) is 0 Å². The monoisotopic (exact) mass is 371 g/mol. The van der Waals surface area contributed by atoms with E-state index in [4.69, 9.17) is 0 Å². The molecule has 7 nitrogen and oxygen atoms in total. The normalized spacial score (nSPS) is 24.0. The van der Waals surface area contributed by atoms with Gasteiger partial charge in [0.05, 0.1) is 12.7 Å². The van der Waals surface area contributed by atoms with Crippen molar-refractivity contribution in [1.82, 2.24) is 34.3 Å². The van der Waals surface area contributed by atoms with E-state index >= 15 is 0 Å². The molecule has 0 radical (unpaired) electrons. The van der Waals surface area contributed by atoms with Crippen molar-refractivity contribution in [2.24, 2.45) is 20.0 Å². The third kappa shape index (κ3) is 3.94. The van der Waals surface area contributed by atoms with E-state index in [-0.39, 0.29) is 0 Å². The van der Waals surface area contributed by atoms with Crippen LogP contribution in [0.15, 0.2) is 12.4 Å². The quantitative estimate of drug-likeness (QED) is 0.748. The molecule has 7 heteroatoms. The molecule has 1 aliphatic heterocycles. The number of hydrogen-bond acceptors (Lipinski definition) is 5. The maximum Gasteiger partial charge on any atom is 0.146 e. The molecule has 27 heavy (non-hydrogen) atoms. The van der Waals surface area contributed by atoms with Crippen LogP contribution in [0.5, 0.6) is 0 Å². The Hall–Kier alpha value is -1.73. The summed E-state index contributed by atoms with van der Waals surface area (Å²) in [6.07, 6.45) is 9.32. The maximum atomic E-state index is 4.47. The highest BCUT2D eigenvalue weighted by Crippen LogP contribution is 2.39. The van der Waals surface area contributed by atoms with Gasteiger partial charge in [-0.1, -0.05) is 6.92 Å². The number of likely N-dealkylation sites (tertiary alicyclic amines) is 1. The largest absolute Gasteiger partial charge is 0.317 e. The van der Waals surface area contributed by atoms with Gasteiger partial charge >= 0.3 is 0 Å². The van der Waals surface area contributed by atoms with Crippen LogP contribution in [0.3, 0.4) is 0 Å². The molecule has 0 bridgehead atoms. The number of rotatable bonds is 7. The number of aromatic nitrogens is 5. The Morgan fingerprint density at radius 2 is 2.00 bits per heavy atom. The smallest absolute Gasteiger partial charge is 0.146 e. The van der Waals surface area contributed by atoms with E-state index in [0.717, 1.165) is 25.5 Å². The second-order valence-corrected chi connectivity index (χ2v) is 8.43. The topological polar surface area (TPSA) is 55.0 Å². The van der Waals surface area contributed by atoms with E-state index in [1.807, 2.05) is 11.7 Å². The van der Waals surface area contributed by atoms with Crippen LogP contribution >= 0.6 is 0 Å². The molecule has 2 atom stereocenters. The van der Waals surface area contributed by atoms with Crippen LogP contribution in [0.2, 0.25) is 0 Å². The molecule has 1 saturated heterocycles. The van der Waals surface area contributed by atoms with E-state index in [1.165, 1.54) is 43.6 Å². The fraction of sp³-hybridized carbons (Fsp3) is 0.750. The van der Waals surface area contributed by atoms with Gasteiger partial charge in [-0.3, -0.25) is 14.5 Å². The van der Waals surface area contributed by atoms with Crippen molar-refractivity contribution in [1.29, 1.82) is 0 Å². The molecule has 4 rings (SSSR count). The minimum absolute atomic E-state index is 0.460. The highest BCUT2D eigenvalue weighted by atomic mass is 15.3. The van der Waals surface area contributed by atoms with Crippen LogP contribution in [0, 0.1) is 5.92 Å². The molecule has 1 aliphatic carbocycles. The molecule has 0 spiro atoms. The van der Waals surface area contributed by atoms with Crippen LogP contribution in [0.1, 0.15) is 61.8 Å². The molecule has 2 aliphatic rings. The minimum atomic E-state index is 0.460. The molecule has 0 unspecified atom stereocenters. The fourth-order valence-electron chi connectivity index (χ4n) is 4.69. The maximum absolute atomic E-state index is 4.47. The summed E-state index contributed by atoms with van der Waals surface area (Å²) >= 11 is 0. The Bertz CT molecular complexity index is 760. The first-order valence-electron chi connectivity index (χ1n) is 10.4. The molecule has 148 valence electrons. The van der Waals surface area contributed by atoms with Gasteiger partial charge in [0, 0.05) is 44.4 Å². The predicted molar refractivity (Wildman–Crippen MR) is 105 cm³/mol. The molecule has 2 aromatic heterocycles. The van der Waals surface area contributed by atoms with Gasteiger partial charge in [0.25, 0.3) is 0 Å². The van der Waals surface area contributed by atoms with Crippen LogP contribution in [-0.4, -0.2) is 61.0 Å². The molecule has 2 fully saturated rings. The van der Waals surface area contributed by atoms with Crippen LogP contribution in [0.4, 0.5) is 0 Å². The molecular weight excluding hydrogens is 338 g/mol. The zero-order valence-electron chi connectivity index (χ0n) is 17.2. The molecule has 0 aromatic carbocycles. The highest BCUT2D eigenvalue weighted by molar-refractivity contribution is 5.14. The summed E-state index contributed by atoms with van der Waals surface area (Å²) in [5.74, 6) is 3.51. The Morgan fingerprint density at radius 1 is 1.19 bits per heavy atom. The molecule has 0 amide bonds. The first-order valence-corrected chi connectivity index (χ1v) is 10.4. The van der Waals surface area contributed by atoms with Crippen molar-refractivity contribution in [2.75, 3.05) is 26.7 Å². The van der Waals surface area contributed by atoms with E-state index in [0.29, 0.717) is 17.9 Å². The Balaban J connectivity index is 1.45. The summed E-state index contributed by atoms with van der Waals surface area (Å²) in [5.41, 5.74) is 1.35. The standard InChI is InChI=1S/C20H33N7/c1-5-27-10-6-7-16(19(27)17-11-21-25(3)13-17)12-24(2)14-18-22-23-20(26(18)4)15-8-9-15/h11,13,15-16,19H,5-10,12,14H2,1-4H3/t16-,19+/m0/s1. The Morgan fingerprint density at radius 3 is 2.67 bits per heavy atom. The first kappa shape index (κ1) is 18.6. The lowest BCUT2D eigenvalue weighted by Gasteiger charge is -2.42. The van der Waals surface area contributed by atoms with E-state index < -0.39 is 0 Å². The van der Waals surface area contributed by atoms with Gasteiger partial charge in [0.1, 0.15) is 11.6 Å². The molecule has 3 heterocycles. The minimum Gasteiger partial charge on any atom is -0.317 e. The third-order valence-electron chi connectivity index (χ3n) is 6.23.